The molecule has 0 spiro atoms. The minimum absolute atomic E-state index is 0.291. The summed E-state index contributed by atoms with van der Waals surface area (Å²) in [5.41, 5.74) is 0. The van der Waals surface area contributed by atoms with E-state index in [0.29, 0.717) is 12.2 Å². The topological polar surface area (TPSA) is 129 Å². The van der Waals surface area contributed by atoms with Crippen molar-refractivity contribution in [2.24, 2.45) is 0 Å². The van der Waals surface area contributed by atoms with Crippen LogP contribution in [0.4, 0.5) is 4.79 Å². The van der Waals surface area contributed by atoms with Crippen molar-refractivity contribution in [2.75, 3.05) is 0 Å². The molecule has 1 unspecified atom stereocenters. The van der Waals surface area contributed by atoms with E-state index in [9.17, 15) is 14.4 Å². The number of hydrogen-bond acceptors (Lipinski definition) is 4. The van der Waals surface area contributed by atoms with Gasteiger partial charge in [-0.25, -0.2) is 9.59 Å². The molecule has 0 fully saturated rings. The molecule has 1 aromatic heterocycles. The highest BCUT2D eigenvalue weighted by Crippen LogP contribution is 2.03. The van der Waals surface area contributed by atoms with Crippen molar-refractivity contribution in [1.82, 2.24) is 10.6 Å². The summed E-state index contributed by atoms with van der Waals surface area (Å²) < 4.78 is 5.11. The lowest BCUT2D eigenvalue weighted by Gasteiger charge is -2.16. The van der Waals surface area contributed by atoms with E-state index in [1.165, 1.54) is 6.26 Å². The van der Waals surface area contributed by atoms with Gasteiger partial charge >= 0.3 is 18.0 Å². The molecule has 4 N–H and O–H groups in total. The Hall–Kier alpha value is -2.51. The Morgan fingerprint density at radius 2 is 2.00 bits per heavy atom. The molecule has 2 amide bonds. The second-order valence-electron chi connectivity index (χ2n) is 4.29. The SMILES string of the molecule is CC(Cc1ccco1)NC(=O)N[C@H](CC(=O)O)C(=O)O. The van der Waals surface area contributed by atoms with Crippen molar-refractivity contribution in [3.05, 3.63) is 24.2 Å². The highest BCUT2D eigenvalue weighted by molar-refractivity contribution is 5.86. The quantitative estimate of drug-likeness (QED) is 0.575. The Kier molecular flexibility index (Phi) is 5.57. The average Bonchev–Trinajstić information content (AvgIpc) is 2.79. The van der Waals surface area contributed by atoms with Gasteiger partial charge in [0.2, 0.25) is 0 Å². The van der Waals surface area contributed by atoms with E-state index >= 15 is 0 Å². The van der Waals surface area contributed by atoms with Gasteiger partial charge in [-0.3, -0.25) is 4.79 Å². The van der Waals surface area contributed by atoms with Crippen LogP contribution in [0, 0.1) is 0 Å². The molecule has 0 saturated carbocycles. The summed E-state index contributed by atoms with van der Waals surface area (Å²) in [4.78, 5) is 32.8. The predicted molar refractivity (Wildman–Crippen MR) is 67.2 cm³/mol. The molecule has 1 aromatic rings. The third kappa shape index (κ3) is 5.42. The van der Waals surface area contributed by atoms with E-state index in [-0.39, 0.29) is 6.04 Å². The van der Waals surface area contributed by atoms with Gasteiger partial charge in [-0.05, 0) is 19.1 Å². The number of carbonyl (C=O) groups excluding carboxylic acids is 1. The zero-order valence-electron chi connectivity index (χ0n) is 10.8. The van der Waals surface area contributed by atoms with E-state index in [0.717, 1.165) is 0 Å². The zero-order chi connectivity index (χ0) is 15.1. The molecule has 1 rings (SSSR count). The van der Waals surface area contributed by atoms with Crippen molar-refractivity contribution in [1.29, 1.82) is 0 Å². The fraction of sp³-hybridized carbons (Fsp3) is 0.417. The second-order valence-corrected chi connectivity index (χ2v) is 4.29. The molecule has 110 valence electrons. The summed E-state index contributed by atoms with van der Waals surface area (Å²) in [5, 5.41) is 22.0. The summed E-state index contributed by atoms with van der Waals surface area (Å²) in [6.45, 7) is 1.72. The third-order valence-electron chi connectivity index (χ3n) is 2.45. The van der Waals surface area contributed by atoms with Gasteiger partial charge in [0.15, 0.2) is 0 Å². The van der Waals surface area contributed by atoms with E-state index < -0.39 is 30.4 Å². The number of carboxylic acid groups (broad SMARTS) is 2. The first-order valence-corrected chi connectivity index (χ1v) is 5.92. The van der Waals surface area contributed by atoms with Crippen LogP contribution in [-0.2, 0) is 16.0 Å². The van der Waals surface area contributed by atoms with Crippen LogP contribution in [0.3, 0.4) is 0 Å². The number of carbonyl (C=O) groups is 3. The number of nitrogens with one attached hydrogen (secondary N) is 2. The summed E-state index contributed by atoms with van der Waals surface area (Å²) in [6, 6.07) is 0.970. The minimum Gasteiger partial charge on any atom is -0.481 e. The van der Waals surface area contributed by atoms with Crippen LogP contribution in [0.25, 0.3) is 0 Å². The lowest BCUT2D eigenvalue weighted by molar-refractivity contribution is -0.145. The first-order chi connectivity index (χ1) is 9.38. The van der Waals surface area contributed by atoms with Gasteiger partial charge in [-0.15, -0.1) is 0 Å². The lowest BCUT2D eigenvalue weighted by Crippen LogP contribution is -2.49. The van der Waals surface area contributed by atoms with Crippen LogP contribution < -0.4 is 10.6 Å². The maximum atomic E-state index is 11.6. The van der Waals surface area contributed by atoms with Crippen molar-refractivity contribution < 1.29 is 29.0 Å². The number of rotatable bonds is 7. The fourth-order valence-electron chi connectivity index (χ4n) is 1.58. The van der Waals surface area contributed by atoms with Gasteiger partial charge in [0.25, 0.3) is 0 Å². The van der Waals surface area contributed by atoms with Gasteiger partial charge in [0.1, 0.15) is 11.8 Å². The van der Waals surface area contributed by atoms with Crippen molar-refractivity contribution in [3.63, 3.8) is 0 Å². The Morgan fingerprint density at radius 1 is 1.30 bits per heavy atom. The summed E-state index contributed by atoms with van der Waals surface area (Å²) in [5.74, 6) is -2.03. The van der Waals surface area contributed by atoms with E-state index in [4.69, 9.17) is 14.6 Å². The summed E-state index contributed by atoms with van der Waals surface area (Å²) in [6.07, 6.45) is 1.27. The third-order valence-corrected chi connectivity index (χ3v) is 2.45. The molecular weight excluding hydrogens is 268 g/mol. The Morgan fingerprint density at radius 3 is 2.50 bits per heavy atom. The summed E-state index contributed by atoms with van der Waals surface area (Å²) >= 11 is 0. The maximum absolute atomic E-state index is 11.6. The number of hydrogen-bond donors (Lipinski definition) is 4. The molecule has 8 heteroatoms. The van der Waals surface area contributed by atoms with Crippen LogP contribution >= 0.6 is 0 Å². The molecule has 0 aliphatic carbocycles. The van der Waals surface area contributed by atoms with Crippen molar-refractivity contribution in [3.8, 4) is 0 Å². The zero-order valence-corrected chi connectivity index (χ0v) is 10.8. The smallest absolute Gasteiger partial charge is 0.326 e. The molecule has 2 atom stereocenters. The van der Waals surface area contributed by atoms with E-state index in [1.807, 2.05) is 0 Å². The Bertz CT molecular complexity index is 470. The van der Waals surface area contributed by atoms with Gasteiger partial charge < -0.3 is 25.3 Å². The molecular formula is C12H16N2O6. The number of furan rings is 1. The number of carboxylic acids is 2. The monoisotopic (exact) mass is 284 g/mol. The van der Waals surface area contributed by atoms with Gasteiger partial charge in [0, 0.05) is 12.5 Å². The molecule has 0 bridgehead atoms. The fourth-order valence-corrected chi connectivity index (χ4v) is 1.58. The van der Waals surface area contributed by atoms with Crippen LogP contribution in [0.2, 0.25) is 0 Å². The maximum Gasteiger partial charge on any atom is 0.326 e. The predicted octanol–water partition coefficient (Wildman–Crippen LogP) is 0.438. The molecule has 20 heavy (non-hydrogen) atoms. The summed E-state index contributed by atoms with van der Waals surface area (Å²) in [7, 11) is 0. The van der Waals surface area contributed by atoms with E-state index in [2.05, 4.69) is 10.6 Å². The first-order valence-electron chi connectivity index (χ1n) is 5.92. The van der Waals surface area contributed by atoms with Crippen LogP contribution in [0.5, 0.6) is 0 Å². The highest BCUT2D eigenvalue weighted by atomic mass is 16.4. The first kappa shape index (κ1) is 15.5. The molecule has 0 aliphatic rings. The largest absolute Gasteiger partial charge is 0.481 e. The van der Waals surface area contributed by atoms with Crippen molar-refractivity contribution in [2.45, 2.75) is 31.8 Å². The van der Waals surface area contributed by atoms with Crippen molar-refractivity contribution >= 4 is 18.0 Å². The van der Waals surface area contributed by atoms with Crippen LogP contribution in [-0.4, -0.2) is 40.3 Å². The average molecular weight is 284 g/mol. The molecule has 8 nitrogen and oxygen atoms in total. The minimum atomic E-state index is -1.47. The molecule has 1 heterocycles. The van der Waals surface area contributed by atoms with Gasteiger partial charge in [0.05, 0.1) is 12.7 Å². The number of urea groups is 1. The molecule has 0 aromatic carbocycles. The van der Waals surface area contributed by atoms with Gasteiger partial charge in [-0.1, -0.05) is 0 Å². The normalized spacial score (nSPS) is 13.2. The molecule has 0 saturated heterocycles. The van der Waals surface area contributed by atoms with Crippen LogP contribution in [0.15, 0.2) is 22.8 Å². The Balaban J connectivity index is 2.44. The van der Waals surface area contributed by atoms with E-state index in [1.54, 1.807) is 19.1 Å². The molecule has 0 aliphatic heterocycles. The highest BCUT2D eigenvalue weighted by Gasteiger charge is 2.23. The Labute approximate surface area is 114 Å². The molecule has 0 radical (unpaired) electrons. The number of aliphatic carboxylic acids is 2. The van der Waals surface area contributed by atoms with Crippen LogP contribution in [0.1, 0.15) is 19.1 Å². The standard InChI is InChI=1S/C12H16N2O6/c1-7(5-8-3-2-4-20-8)13-12(19)14-9(11(17)18)6-10(15)16/h2-4,7,9H,5-6H2,1H3,(H,15,16)(H,17,18)(H2,13,14,19)/t7?,9-/m1/s1. The van der Waals surface area contributed by atoms with Gasteiger partial charge in [-0.2, -0.15) is 0 Å². The number of amides is 2. The second kappa shape index (κ2) is 7.17. The lowest BCUT2D eigenvalue weighted by atomic mass is 10.2.